The minimum Gasteiger partial charge on any atom is -0.508 e. The highest BCUT2D eigenvalue weighted by Gasteiger charge is 2.33. The largest absolute Gasteiger partial charge is 0.508 e. The van der Waals surface area contributed by atoms with Crippen molar-refractivity contribution in [3.63, 3.8) is 0 Å². The first-order valence-corrected chi connectivity index (χ1v) is 17.0. The van der Waals surface area contributed by atoms with Crippen molar-refractivity contribution >= 4 is 41.7 Å². The van der Waals surface area contributed by atoms with Crippen LogP contribution in [0.1, 0.15) is 48.8 Å². The normalized spacial score (nSPS) is 13.8. The van der Waals surface area contributed by atoms with Gasteiger partial charge >= 0.3 is 18.0 Å². The van der Waals surface area contributed by atoms with E-state index in [9.17, 15) is 44.1 Å². The van der Waals surface area contributed by atoms with Gasteiger partial charge in [-0.05, 0) is 59.7 Å². The van der Waals surface area contributed by atoms with E-state index in [4.69, 9.17) is 16.2 Å². The Kier molecular flexibility index (Phi) is 13.9. The van der Waals surface area contributed by atoms with Gasteiger partial charge in [-0.2, -0.15) is 0 Å². The van der Waals surface area contributed by atoms with Crippen molar-refractivity contribution in [3.05, 3.63) is 89.5 Å². The number of phenolic OH excluding ortho intramolecular Hbond substituents is 1. The van der Waals surface area contributed by atoms with E-state index >= 15 is 0 Å². The topological polar surface area (TPSA) is 285 Å². The van der Waals surface area contributed by atoms with E-state index in [0.717, 1.165) is 22.3 Å². The summed E-state index contributed by atoms with van der Waals surface area (Å²) < 4.78 is 5.51. The second-order valence-corrected chi connectivity index (χ2v) is 12.6. The van der Waals surface area contributed by atoms with Crippen LogP contribution >= 0.6 is 0 Å². The van der Waals surface area contributed by atoms with Gasteiger partial charge in [0.25, 0.3) is 0 Å². The standard InChI is InChI=1S/C37H43N7O10/c1-20(35(51)52)41-33(49)29(17-21-12-14-22(45)15-13-21)43-32(48)28(11-6-16-40-36(38)39)42-34(50)30(18-31(46)47)44-37(53)54-19-27-25-9-4-2-7-23(25)24-8-3-5-10-26(24)27/h2-5,7-10,12-15,20,27-30,45H,6,11,16-19H2,1H3,(H,41,49)(H,42,50)(H,43,48)(H,44,53)(H,46,47)(H,51,52)(H4,38,39,40)/t20-,28-,29-,30-/m0/s1. The fourth-order valence-corrected chi connectivity index (χ4v) is 5.94. The highest BCUT2D eigenvalue weighted by atomic mass is 16.5. The molecule has 3 aromatic rings. The van der Waals surface area contributed by atoms with Crippen LogP contribution in [0.2, 0.25) is 0 Å². The highest BCUT2D eigenvalue weighted by molar-refractivity contribution is 5.95. The van der Waals surface area contributed by atoms with E-state index in [-0.39, 0.29) is 50.0 Å². The van der Waals surface area contributed by atoms with Crippen LogP contribution in [0.15, 0.2) is 77.8 Å². The van der Waals surface area contributed by atoms with Gasteiger partial charge in [0.05, 0.1) is 6.42 Å². The van der Waals surface area contributed by atoms with Gasteiger partial charge in [-0.25, -0.2) is 4.79 Å². The molecule has 0 saturated heterocycles. The summed E-state index contributed by atoms with van der Waals surface area (Å²) in [5, 5.41) is 38.2. The molecule has 0 bridgehead atoms. The van der Waals surface area contributed by atoms with Gasteiger partial charge < -0.3 is 52.8 Å². The number of aromatic hydroxyl groups is 1. The number of fused-ring (bicyclic) bond motifs is 3. The Balaban J connectivity index is 1.49. The fourth-order valence-electron chi connectivity index (χ4n) is 5.94. The maximum absolute atomic E-state index is 13.7. The molecule has 0 unspecified atom stereocenters. The molecule has 286 valence electrons. The predicted octanol–water partition coefficient (Wildman–Crippen LogP) is 0.929. The van der Waals surface area contributed by atoms with Crippen molar-refractivity contribution in [3.8, 4) is 16.9 Å². The molecule has 54 heavy (non-hydrogen) atoms. The van der Waals surface area contributed by atoms with E-state index < -0.39 is 66.3 Å². The number of nitrogens with two attached hydrogens (primary N) is 2. The third-order valence-electron chi connectivity index (χ3n) is 8.65. The van der Waals surface area contributed by atoms with Crippen LogP contribution in [0, 0.1) is 0 Å². The number of hydrogen-bond acceptors (Lipinski definition) is 9. The number of carboxylic acid groups (broad SMARTS) is 2. The van der Waals surface area contributed by atoms with Crippen LogP contribution in [-0.4, -0.2) is 94.4 Å². The Morgan fingerprint density at radius 1 is 0.759 bits per heavy atom. The maximum Gasteiger partial charge on any atom is 0.407 e. The number of hydrogen-bond donors (Lipinski definition) is 9. The molecular formula is C37H43N7O10. The number of aliphatic imine (C=N–C) groups is 1. The monoisotopic (exact) mass is 745 g/mol. The fraction of sp³-hybridized carbons (Fsp3) is 0.324. The molecular weight excluding hydrogens is 702 g/mol. The van der Waals surface area contributed by atoms with Crippen LogP contribution in [0.5, 0.6) is 5.75 Å². The van der Waals surface area contributed by atoms with E-state index in [1.54, 1.807) is 0 Å². The number of alkyl carbamates (subject to hydrolysis) is 1. The van der Waals surface area contributed by atoms with Crippen molar-refractivity contribution in [2.45, 2.75) is 62.7 Å². The van der Waals surface area contributed by atoms with E-state index in [2.05, 4.69) is 26.3 Å². The lowest BCUT2D eigenvalue weighted by molar-refractivity contribution is -0.141. The lowest BCUT2D eigenvalue weighted by Crippen LogP contribution is -2.58. The number of carboxylic acids is 2. The van der Waals surface area contributed by atoms with E-state index in [1.807, 2.05) is 48.5 Å². The minimum atomic E-state index is -1.68. The van der Waals surface area contributed by atoms with Crippen LogP contribution < -0.4 is 32.7 Å². The predicted molar refractivity (Wildman–Crippen MR) is 195 cm³/mol. The number of carbonyl (C=O) groups excluding carboxylic acids is 4. The van der Waals surface area contributed by atoms with E-state index in [1.165, 1.54) is 31.2 Å². The van der Waals surface area contributed by atoms with Crippen LogP contribution in [0.3, 0.4) is 0 Å². The molecule has 0 radical (unpaired) electrons. The molecule has 4 amide bonds. The van der Waals surface area contributed by atoms with Crippen molar-refractivity contribution in [1.82, 2.24) is 21.3 Å². The minimum absolute atomic E-state index is 0.0468. The molecule has 0 heterocycles. The third kappa shape index (κ3) is 11.2. The second-order valence-electron chi connectivity index (χ2n) is 12.6. The number of nitrogens with zero attached hydrogens (tertiary/aromatic N) is 1. The summed E-state index contributed by atoms with van der Waals surface area (Å²) in [6.07, 6.45) is -2.02. The molecule has 1 aliphatic carbocycles. The molecule has 4 atom stereocenters. The number of amides is 4. The number of benzene rings is 3. The first-order chi connectivity index (χ1) is 25.7. The van der Waals surface area contributed by atoms with Gasteiger partial charge in [-0.15, -0.1) is 0 Å². The number of phenols is 1. The smallest absolute Gasteiger partial charge is 0.407 e. The SMILES string of the molecule is C[C@H](NC(=O)[C@H](Cc1ccc(O)cc1)NC(=O)[C@H](CCCN=C(N)N)NC(=O)[C@H](CC(=O)O)NC(=O)OCC1c2ccccc2-c2ccccc21)C(=O)O. The van der Waals surface area contributed by atoms with Gasteiger partial charge in [0.2, 0.25) is 17.7 Å². The third-order valence-corrected chi connectivity index (χ3v) is 8.65. The number of carbonyl (C=O) groups is 6. The molecule has 4 rings (SSSR count). The van der Waals surface area contributed by atoms with Gasteiger partial charge in [0.1, 0.15) is 36.5 Å². The van der Waals surface area contributed by atoms with Crippen molar-refractivity contribution in [1.29, 1.82) is 0 Å². The zero-order valence-corrected chi connectivity index (χ0v) is 29.4. The van der Waals surface area contributed by atoms with Gasteiger partial charge in [0.15, 0.2) is 5.96 Å². The lowest BCUT2D eigenvalue weighted by atomic mass is 9.98. The molecule has 1 aliphatic rings. The average molecular weight is 746 g/mol. The average Bonchev–Trinajstić information content (AvgIpc) is 3.45. The Labute approximate surface area is 310 Å². The highest BCUT2D eigenvalue weighted by Crippen LogP contribution is 2.44. The number of aliphatic carboxylic acids is 2. The van der Waals surface area contributed by atoms with Gasteiger partial charge in [-0.3, -0.25) is 29.0 Å². The first kappa shape index (κ1) is 40.1. The Bertz CT molecular complexity index is 1840. The number of guanidine groups is 1. The molecule has 17 heteroatoms. The van der Waals surface area contributed by atoms with Gasteiger partial charge in [0, 0.05) is 18.9 Å². The summed E-state index contributed by atoms with van der Waals surface area (Å²) in [7, 11) is 0. The summed E-state index contributed by atoms with van der Waals surface area (Å²) in [6, 6.07) is 15.3. The maximum atomic E-state index is 13.7. The molecule has 0 aromatic heterocycles. The molecule has 17 nitrogen and oxygen atoms in total. The first-order valence-electron chi connectivity index (χ1n) is 17.0. The van der Waals surface area contributed by atoms with Crippen LogP contribution in [0.4, 0.5) is 4.79 Å². The molecule has 3 aromatic carbocycles. The summed E-state index contributed by atoms with van der Waals surface area (Å²) in [5.74, 6) is -6.09. The summed E-state index contributed by atoms with van der Waals surface area (Å²) in [5.41, 5.74) is 15.2. The van der Waals surface area contributed by atoms with Gasteiger partial charge in [-0.1, -0.05) is 60.7 Å². The van der Waals surface area contributed by atoms with Crippen molar-refractivity contribution in [2.24, 2.45) is 16.5 Å². The summed E-state index contributed by atoms with van der Waals surface area (Å²) in [4.78, 5) is 80.6. The zero-order valence-electron chi connectivity index (χ0n) is 29.4. The molecule has 0 aliphatic heterocycles. The van der Waals surface area contributed by atoms with E-state index in [0.29, 0.717) is 5.56 Å². The molecule has 0 saturated carbocycles. The molecule has 11 N–H and O–H groups in total. The number of rotatable bonds is 18. The number of nitrogens with one attached hydrogen (secondary N) is 4. The van der Waals surface area contributed by atoms with Crippen LogP contribution in [0.25, 0.3) is 11.1 Å². The summed E-state index contributed by atoms with van der Waals surface area (Å²) >= 11 is 0. The Morgan fingerprint density at radius 3 is 1.89 bits per heavy atom. The lowest BCUT2D eigenvalue weighted by Gasteiger charge is -2.25. The Morgan fingerprint density at radius 2 is 1.31 bits per heavy atom. The van der Waals surface area contributed by atoms with Crippen molar-refractivity contribution in [2.75, 3.05) is 13.2 Å². The molecule has 0 spiro atoms. The van der Waals surface area contributed by atoms with Crippen LogP contribution in [-0.2, 0) is 35.1 Å². The number of ether oxygens (including phenoxy) is 1. The molecule has 0 fully saturated rings. The zero-order chi connectivity index (χ0) is 39.4. The quantitative estimate of drug-likeness (QED) is 0.0500. The van der Waals surface area contributed by atoms with Crippen molar-refractivity contribution < 1.29 is 48.8 Å². The Hall–Kier alpha value is -6.65. The second kappa shape index (κ2) is 18.7. The summed E-state index contributed by atoms with van der Waals surface area (Å²) in [6.45, 7) is 1.17.